The average molecular weight is 486 g/mol. The van der Waals surface area contributed by atoms with E-state index in [0.29, 0.717) is 11.1 Å². The molecule has 0 aliphatic heterocycles. The van der Waals surface area contributed by atoms with Gasteiger partial charge in [0.25, 0.3) is 0 Å². The first-order valence-electron chi connectivity index (χ1n) is 10.5. The molecular weight excluding hydrogens is 470 g/mol. The molecule has 0 saturated carbocycles. The van der Waals surface area contributed by atoms with Crippen LogP contribution in [0.2, 0.25) is 0 Å². The molecular formula is C27H16F6O2. The van der Waals surface area contributed by atoms with Crippen molar-refractivity contribution in [1.82, 2.24) is 0 Å². The second kappa shape index (κ2) is 8.08. The molecule has 0 atom stereocenters. The lowest BCUT2D eigenvalue weighted by Gasteiger charge is -2.34. The minimum absolute atomic E-state index is 0.287. The van der Waals surface area contributed by atoms with Gasteiger partial charge < -0.3 is 9.47 Å². The van der Waals surface area contributed by atoms with Crippen molar-refractivity contribution in [2.24, 2.45) is 0 Å². The van der Waals surface area contributed by atoms with Crippen LogP contribution >= 0.6 is 0 Å². The molecule has 4 aromatic rings. The summed E-state index contributed by atoms with van der Waals surface area (Å²) in [6.45, 7) is 0. The molecule has 1 aliphatic rings. The van der Waals surface area contributed by atoms with Gasteiger partial charge in [0.05, 0.1) is 11.1 Å². The maximum Gasteiger partial charge on any atom is 0.419 e. The number of ether oxygens (including phenoxy) is 2. The van der Waals surface area contributed by atoms with Gasteiger partial charge in [0.1, 0.15) is 11.5 Å². The normalized spacial score (nSPS) is 14.2. The van der Waals surface area contributed by atoms with Gasteiger partial charge in [0.15, 0.2) is 0 Å². The molecule has 35 heavy (non-hydrogen) atoms. The third-order valence-corrected chi connectivity index (χ3v) is 5.75. The third-order valence-electron chi connectivity index (χ3n) is 5.75. The summed E-state index contributed by atoms with van der Waals surface area (Å²) in [7, 11) is 0. The number of hydrogen-bond donors (Lipinski definition) is 0. The Kier molecular flexibility index (Phi) is 5.27. The number of benzene rings is 4. The number of para-hydroxylation sites is 2. The molecule has 0 fully saturated rings. The first-order chi connectivity index (χ1) is 16.6. The van der Waals surface area contributed by atoms with E-state index in [1.165, 1.54) is 24.3 Å². The molecule has 2 nitrogen and oxygen atoms in total. The molecule has 0 radical (unpaired) electrons. The second-order valence-corrected chi connectivity index (χ2v) is 7.90. The van der Waals surface area contributed by atoms with Crippen molar-refractivity contribution in [2.45, 2.75) is 18.1 Å². The number of alkyl halides is 6. The van der Waals surface area contributed by atoms with E-state index in [0.717, 1.165) is 24.3 Å². The average Bonchev–Trinajstić information content (AvgIpc) is 3.08. The molecule has 5 rings (SSSR count). The zero-order valence-corrected chi connectivity index (χ0v) is 17.8. The van der Waals surface area contributed by atoms with Crippen LogP contribution < -0.4 is 9.47 Å². The van der Waals surface area contributed by atoms with Crippen LogP contribution in [-0.2, 0) is 18.1 Å². The largest absolute Gasteiger partial charge is 0.444 e. The monoisotopic (exact) mass is 486 g/mol. The standard InChI is InChI=1S/C27H16F6O2/c28-26(29,30)21-13-5-7-15-23(21)34-25(35-24-16-8-6-14-22(24)27(31,32)33)19-11-3-1-9-17(19)18-10-2-4-12-20(18)25/h1-16H. The topological polar surface area (TPSA) is 18.5 Å². The number of halogens is 6. The summed E-state index contributed by atoms with van der Waals surface area (Å²) in [4.78, 5) is 0. The zero-order chi connectivity index (χ0) is 24.8. The zero-order valence-electron chi connectivity index (χ0n) is 17.8. The van der Waals surface area contributed by atoms with Crippen molar-refractivity contribution < 1.29 is 35.8 Å². The highest BCUT2D eigenvalue weighted by Gasteiger charge is 2.50. The first kappa shape index (κ1) is 22.8. The lowest BCUT2D eigenvalue weighted by Crippen LogP contribution is -2.40. The predicted octanol–water partition coefficient (Wildman–Crippen LogP) is 8.06. The van der Waals surface area contributed by atoms with Gasteiger partial charge in [-0.2, -0.15) is 26.3 Å². The summed E-state index contributed by atoms with van der Waals surface area (Å²) in [5.74, 6) is -3.26. The van der Waals surface area contributed by atoms with E-state index in [2.05, 4.69) is 0 Å². The van der Waals surface area contributed by atoms with Crippen molar-refractivity contribution in [2.75, 3.05) is 0 Å². The van der Waals surface area contributed by atoms with Crippen molar-refractivity contribution >= 4 is 0 Å². The van der Waals surface area contributed by atoms with E-state index in [9.17, 15) is 26.3 Å². The Labute approximate surface area is 196 Å². The van der Waals surface area contributed by atoms with Crippen molar-refractivity contribution in [3.8, 4) is 22.6 Å². The number of hydrogen-bond acceptors (Lipinski definition) is 2. The Hall–Kier alpha value is -3.94. The van der Waals surface area contributed by atoms with E-state index in [-0.39, 0.29) is 11.1 Å². The number of rotatable bonds is 4. The van der Waals surface area contributed by atoms with Gasteiger partial charge >= 0.3 is 18.1 Å². The van der Waals surface area contributed by atoms with Crippen molar-refractivity contribution in [3.63, 3.8) is 0 Å². The van der Waals surface area contributed by atoms with E-state index < -0.39 is 40.8 Å². The molecule has 0 heterocycles. The summed E-state index contributed by atoms with van der Waals surface area (Å²) in [6.07, 6.45) is -9.53. The summed E-state index contributed by atoms with van der Waals surface area (Å²) < 4.78 is 95.0. The van der Waals surface area contributed by atoms with Gasteiger partial charge in [-0.3, -0.25) is 0 Å². The maximum atomic E-state index is 13.8. The van der Waals surface area contributed by atoms with Gasteiger partial charge in [-0.25, -0.2) is 0 Å². The smallest absolute Gasteiger partial charge is 0.419 e. The van der Waals surface area contributed by atoms with Gasteiger partial charge in [0.2, 0.25) is 0 Å². The van der Waals surface area contributed by atoms with E-state index in [1.54, 1.807) is 48.5 Å². The molecule has 0 unspecified atom stereocenters. The van der Waals surface area contributed by atoms with Crippen LogP contribution in [0.3, 0.4) is 0 Å². The van der Waals surface area contributed by atoms with Crippen LogP contribution in [0.25, 0.3) is 11.1 Å². The Balaban J connectivity index is 1.78. The molecule has 0 aromatic heterocycles. The lowest BCUT2D eigenvalue weighted by atomic mass is 10.0. The molecule has 8 heteroatoms. The van der Waals surface area contributed by atoms with Crippen molar-refractivity contribution in [1.29, 1.82) is 0 Å². The highest BCUT2D eigenvalue weighted by Crippen LogP contribution is 2.52. The van der Waals surface area contributed by atoms with Crippen LogP contribution in [0, 0.1) is 0 Å². The second-order valence-electron chi connectivity index (χ2n) is 7.90. The predicted molar refractivity (Wildman–Crippen MR) is 117 cm³/mol. The van der Waals surface area contributed by atoms with Gasteiger partial charge in [-0.15, -0.1) is 0 Å². The molecule has 0 saturated heterocycles. The fourth-order valence-electron chi connectivity index (χ4n) is 4.29. The highest BCUT2D eigenvalue weighted by molar-refractivity contribution is 5.80. The Morgan fingerprint density at radius 2 is 0.800 bits per heavy atom. The molecule has 178 valence electrons. The van der Waals surface area contributed by atoms with Gasteiger partial charge in [-0.05, 0) is 35.4 Å². The van der Waals surface area contributed by atoms with Crippen LogP contribution in [-0.4, -0.2) is 0 Å². The fraction of sp³-hybridized carbons (Fsp3) is 0.111. The maximum absolute atomic E-state index is 13.8. The molecule has 4 aromatic carbocycles. The summed E-state index contributed by atoms with van der Waals surface area (Å²) >= 11 is 0. The quantitative estimate of drug-likeness (QED) is 0.215. The van der Waals surface area contributed by atoms with E-state index in [4.69, 9.17) is 9.47 Å². The lowest BCUT2D eigenvalue weighted by molar-refractivity contribution is -0.148. The van der Waals surface area contributed by atoms with E-state index >= 15 is 0 Å². The summed E-state index contributed by atoms with van der Waals surface area (Å²) in [5.41, 5.74) is -0.414. The number of fused-ring (bicyclic) bond motifs is 3. The minimum Gasteiger partial charge on any atom is -0.444 e. The molecule has 0 N–H and O–H groups in total. The molecule has 0 spiro atoms. The van der Waals surface area contributed by atoms with Crippen LogP contribution in [0.5, 0.6) is 11.5 Å². The Morgan fingerprint density at radius 3 is 1.20 bits per heavy atom. The fourth-order valence-corrected chi connectivity index (χ4v) is 4.29. The minimum atomic E-state index is -4.76. The van der Waals surface area contributed by atoms with Gasteiger partial charge in [0, 0.05) is 11.1 Å². The van der Waals surface area contributed by atoms with Crippen LogP contribution in [0.15, 0.2) is 97.1 Å². The summed E-state index contributed by atoms with van der Waals surface area (Å²) in [5, 5.41) is 0. The van der Waals surface area contributed by atoms with Crippen LogP contribution in [0.4, 0.5) is 26.3 Å². The van der Waals surface area contributed by atoms with Crippen LogP contribution in [0.1, 0.15) is 22.3 Å². The van der Waals surface area contributed by atoms with Crippen molar-refractivity contribution in [3.05, 3.63) is 119 Å². The molecule has 0 amide bonds. The van der Waals surface area contributed by atoms with E-state index in [1.807, 2.05) is 0 Å². The Morgan fingerprint density at radius 1 is 0.457 bits per heavy atom. The molecule has 0 bridgehead atoms. The van der Waals surface area contributed by atoms with Gasteiger partial charge in [-0.1, -0.05) is 72.8 Å². The molecule has 1 aliphatic carbocycles. The Bertz CT molecular complexity index is 1280. The highest BCUT2D eigenvalue weighted by atomic mass is 19.4. The SMILES string of the molecule is FC(F)(F)c1ccccc1OC1(Oc2ccccc2C(F)(F)F)c2ccccc2-c2ccccc21. The summed E-state index contributed by atoms with van der Waals surface area (Å²) in [6, 6.07) is 22.3. The third kappa shape index (κ3) is 3.88. The first-order valence-corrected chi connectivity index (χ1v) is 10.5.